The molecule has 23 heavy (non-hydrogen) atoms. The molecule has 2 aromatic rings. The van der Waals surface area contributed by atoms with E-state index < -0.39 is 4.92 Å². The van der Waals surface area contributed by atoms with Gasteiger partial charge in [-0.15, -0.1) is 0 Å². The van der Waals surface area contributed by atoms with Gasteiger partial charge >= 0.3 is 0 Å². The van der Waals surface area contributed by atoms with Crippen molar-refractivity contribution >= 4 is 23.0 Å². The van der Waals surface area contributed by atoms with Crippen LogP contribution < -0.4 is 10.9 Å². The number of aromatic amines is 1. The van der Waals surface area contributed by atoms with Crippen LogP contribution in [0, 0.1) is 10.1 Å². The molecule has 0 aliphatic heterocycles. The summed E-state index contributed by atoms with van der Waals surface area (Å²) in [6, 6.07) is 4.17. The fourth-order valence-electron chi connectivity index (χ4n) is 2.41. The summed E-state index contributed by atoms with van der Waals surface area (Å²) in [5.41, 5.74) is 2.59. The molecule has 1 aromatic heterocycles. The normalized spacial score (nSPS) is 10.6. The van der Waals surface area contributed by atoms with Crippen molar-refractivity contribution in [2.24, 2.45) is 0 Å². The van der Waals surface area contributed by atoms with E-state index in [0.29, 0.717) is 17.7 Å². The van der Waals surface area contributed by atoms with Gasteiger partial charge in [0.05, 0.1) is 21.3 Å². The minimum absolute atomic E-state index is 0.0789. The third-order valence-electron chi connectivity index (χ3n) is 3.59. The molecule has 0 amide bonds. The number of nitrogens with zero attached hydrogens (tertiary/aromatic N) is 2. The number of aryl methyl sites for hydroxylation is 1. The van der Waals surface area contributed by atoms with Gasteiger partial charge in [-0.1, -0.05) is 25.4 Å². The SMILES string of the molecule is CCc1n[nH]c(=O)c(CNc2ccc([N+](=O)[O-])cc2Cl)c1CC. The Morgan fingerprint density at radius 1 is 1.30 bits per heavy atom. The van der Waals surface area contributed by atoms with Crippen LogP contribution >= 0.6 is 11.6 Å². The van der Waals surface area contributed by atoms with Gasteiger partial charge in [-0.2, -0.15) is 5.10 Å². The van der Waals surface area contributed by atoms with E-state index in [-0.39, 0.29) is 22.8 Å². The third kappa shape index (κ3) is 3.68. The van der Waals surface area contributed by atoms with Gasteiger partial charge in [0.15, 0.2) is 0 Å². The van der Waals surface area contributed by atoms with Gasteiger partial charge in [-0.25, -0.2) is 5.10 Å². The zero-order valence-corrected chi connectivity index (χ0v) is 13.6. The van der Waals surface area contributed by atoms with E-state index in [1.165, 1.54) is 18.2 Å². The molecule has 2 N–H and O–H groups in total. The Morgan fingerprint density at radius 3 is 2.61 bits per heavy atom. The quantitative estimate of drug-likeness (QED) is 0.623. The topological polar surface area (TPSA) is 101 Å². The Balaban J connectivity index is 2.28. The number of H-pyrrole nitrogens is 1. The fourth-order valence-corrected chi connectivity index (χ4v) is 2.65. The smallest absolute Gasteiger partial charge is 0.271 e. The highest BCUT2D eigenvalue weighted by molar-refractivity contribution is 6.33. The van der Waals surface area contributed by atoms with Crippen molar-refractivity contribution in [2.45, 2.75) is 33.2 Å². The number of benzene rings is 1. The number of non-ortho nitro benzene ring substituents is 1. The highest BCUT2D eigenvalue weighted by Crippen LogP contribution is 2.27. The summed E-state index contributed by atoms with van der Waals surface area (Å²) in [7, 11) is 0. The molecule has 0 spiro atoms. The number of nitro groups is 1. The molecule has 7 nitrogen and oxygen atoms in total. The van der Waals surface area contributed by atoms with Gasteiger partial charge in [-0.3, -0.25) is 14.9 Å². The summed E-state index contributed by atoms with van der Waals surface area (Å²) in [6.45, 7) is 4.22. The number of anilines is 1. The fraction of sp³-hybridized carbons (Fsp3) is 0.333. The molecule has 0 bridgehead atoms. The van der Waals surface area contributed by atoms with Crippen LogP contribution in [0.1, 0.15) is 30.7 Å². The molecule has 1 aromatic carbocycles. The number of nitrogens with one attached hydrogen (secondary N) is 2. The maximum Gasteiger partial charge on any atom is 0.271 e. The van der Waals surface area contributed by atoms with Crippen molar-refractivity contribution in [1.29, 1.82) is 0 Å². The Hall–Kier alpha value is -2.41. The predicted octanol–water partition coefficient (Wildman–Crippen LogP) is 3.07. The molecule has 0 radical (unpaired) electrons. The standard InChI is InChI=1S/C15H17ClN4O3/c1-3-10-11(15(21)19-18-13(10)4-2)8-17-14-6-5-9(20(22)23)7-12(14)16/h5-7,17H,3-4,8H2,1-2H3,(H,19,21). The number of halogens is 1. The average molecular weight is 337 g/mol. The van der Waals surface area contributed by atoms with Crippen LogP contribution in [0.2, 0.25) is 5.02 Å². The second-order valence-corrected chi connectivity index (χ2v) is 5.35. The van der Waals surface area contributed by atoms with E-state index in [4.69, 9.17) is 11.6 Å². The Morgan fingerprint density at radius 2 is 2.04 bits per heavy atom. The summed E-state index contributed by atoms with van der Waals surface area (Å²) in [5, 5.41) is 20.6. The van der Waals surface area contributed by atoms with E-state index >= 15 is 0 Å². The molecule has 0 atom stereocenters. The van der Waals surface area contributed by atoms with Crippen LogP contribution in [0.15, 0.2) is 23.0 Å². The van der Waals surface area contributed by atoms with Crippen molar-refractivity contribution < 1.29 is 4.92 Å². The van der Waals surface area contributed by atoms with E-state index in [1.54, 1.807) is 0 Å². The zero-order valence-electron chi connectivity index (χ0n) is 12.9. The highest BCUT2D eigenvalue weighted by Gasteiger charge is 2.13. The van der Waals surface area contributed by atoms with Crippen molar-refractivity contribution in [3.63, 3.8) is 0 Å². The van der Waals surface area contributed by atoms with Gasteiger partial charge in [0.2, 0.25) is 0 Å². The maximum atomic E-state index is 12.0. The first-order valence-corrected chi connectivity index (χ1v) is 7.62. The first-order valence-electron chi connectivity index (χ1n) is 7.25. The lowest BCUT2D eigenvalue weighted by Gasteiger charge is -2.12. The lowest BCUT2D eigenvalue weighted by Crippen LogP contribution is -2.22. The van der Waals surface area contributed by atoms with Crippen molar-refractivity contribution in [2.75, 3.05) is 5.32 Å². The summed E-state index contributed by atoms with van der Waals surface area (Å²) < 4.78 is 0. The molecule has 0 saturated heterocycles. The predicted molar refractivity (Wildman–Crippen MR) is 89.0 cm³/mol. The molecule has 0 saturated carbocycles. The van der Waals surface area contributed by atoms with Crippen molar-refractivity contribution in [3.05, 3.63) is 60.5 Å². The first-order chi connectivity index (χ1) is 11.0. The number of rotatable bonds is 6. The second kappa shape index (κ2) is 7.23. The van der Waals surface area contributed by atoms with Crippen LogP contribution in [0.25, 0.3) is 0 Å². The van der Waals surface area contributed by atoms with Gasteiger partial charge in [0.1, 0.15) is 0 Å². The summed E-state index contributed by atoms with van der Waals surface area (Å²) >= 11 is 6.05. The zero-order chi connectivity index (χ0) is 17.0. The first kappa shape index (κ1) is 17.0. The summed E-state index contributed by atoms with van der Waals surface area (Å²) in [4.78, 5) is 22.2. The van der Waals surface area contributed by atoms with E-state index in [2.05, 4.69) is 15.5 Å². The molecule has 1 heterocycles. The van der Waals surface area contributed by atoms with Gasteiger partial charge < -0.3 is 5.32 Å². The number of hydrogen-bond donors (Lipinski definition) is 2. The molecule has 122 valence electrons. The number of nitro benzene ring substituents is 1. The van der Waals surface area contributed by atoms with E-state index in [0.717, 1.165) is 17.7 Å². The molecule has 0 aliphatic carbocycles. The molecular formula is C15H17ClN4O3. The lowest BCUT2D eigenvalue weighted by molar-refractivity contribution is -0.384. The van der Waals surface area contributed by atoms with Gasteiger partial charge in [0, 0.05) is 24.2 Å². The van der Waals surface area contributed by atoms with Crippen LogP contribution in [-0.4, -0.2) is 15.1 Å². The van der Waals surface area contributed by atoms with Gasteiger partial charge in [0.25, 0.3) is 11.2 Å². The molecule has 0 aliphatic rings. The number of aromatic nitrogens is 2. The largest absolute Gasteiger partial charge is 0.380 e. The van der Waals surface area contributed by atoms with E-state index in [9.17, 15) is 14.9 Å². The number of hydrogen-bond acceptors (Lipinski definition) is 5. The molecule has 0 unspecified atom stereocenters. The monoisotopic (exact) mass is 336 g/mol. The second-order valence-electron chi connectivity index (χ2n) is 4.94. The van der Waals surface area contributed by atoms with Crippen LogP contribution in [0.3, 0.4) is 0 Å². The Bertz CT molecular complexity index is 789. The van der Waals surface area contributed by atoms with Crippen LogP contribution in [0.4, 0.5) is 11.4 Å². The van der Waals surface area contributed by atoms with E-state index in [1.807, 2.05) is 13.8 Å². The summed E-state index contributed by atoms with van der Waals surface area (Å²) in [6.07, 6.45) is 1.43. The highest BCUT2D eigenvalue weighted by atomic mass is 35.5. The summed E-state index contributed by atoms with van der Waals surface area (Å²) in [5.74, 6) is 0. The molecule has 0 fully saturated rings. The van der Waals surface area contributed by atoms with Crippen LogP contribution in [0.5, 0.6) is 0 Å². The average Bonchev–Trinajstić information content (AvgIpc) is 2.54. The Labute approximate surface area is 137 Å². The Kier molecular flexibility index (Phi) is 5.33. The van der Waals surface area contributed by atoms with Crippen LogP contribution in [-0.2, 0) is 19.4 Å². The van der Waals surface area contributed by atoms with Gasteiger partial charge in [-0.05, 0) is 24.5 Å². The molecule has 2 rings (SSSR count). The lowest BCUT2D eigenvalue weighted by atomic mass is 10.0. The van der Waals surface area contributed by atoms with Crippen molar-refractivity contribution in [1.82, 2.24) is 10.2 Å². The molecular weight excluding hydrogens is 320 g/mol. The molecule has 8 heteroatoms. The van der Waals surface area contributed by atoms with Crippen molar-refractivity contribution in [3.8, 4) is 0 Å². The third-order valence-corrected chi connectivity index (χ3v) is 3.90. The minimum Gasteiger partial charge on any atom is -0.380 e. The minimum atomic E-state index is -0.508. The maximum absolute atomic E-state index is 12.0.